The normalized spacial score (nSPS) is 10.5. The van der Waals surface area contributed by atoms with E-state index in [2.05, 4.69) is 11.7 Å². The summed E-state index contributed by atoms with van der Waals surface area (Å²) in [5, 5.41) is 10.6. The molecule has 0 amide bonds. The summed E-state index contributed by atoms with van der Waals surface area (Å²) in [6, 6.07) is 4.97. The molecule has 0 aromatic heterocycles. The van der Waals surface area contributed by atoms with E-state index in [1.165, 1.54) is 88.5 Å². The van der Waals surface area contributed by atoms with Gasteiger partial charge in [-0.05, 0) is 18.6 Å². The zero-order valence-corrected chi connectivity index (χ0v) is 19.2. The fourth-order valence-electron chi connectivity index (χ4n) is 3.26. The van der Waals surface area contributed by atoms with E-state index in [4.69, 9.17) is 9.47 Å². The van der Waals surface area contributed by atoms with Gasteiger partial charge in [0.15, 0.2) is 0 Å². The molecule has 0 atom stereocenters. The van der Waals surface area contributed by atoms with E-state index in [1.54, 1.807) is 0 Å². The molecule has 1 rings (SSSR count). The Morgan fingerprint density at radius 2 is 1.28 bits per heavy atom. The maximum Gasteiger partial charge on any atom is 0.516 e. The van der Waals surface area contributed by atoms with Crippen molar-refractivity contribution >= 4 is 17.8 Å². The fraction of sp³-hybridized carbons (Fsp3) is 0.667. The maximum atomic E-state index is 11.7. The van der Waals surface area contributed by atoms with Crippen molar-refractivity contribution < 1.29 is 28.7 Å². The van der Waals surface area contributed by atoms with Crippen LogP contribution in [-0.4, -0.2) is 23.8 Å². The lowest BCUT2D eigenvalue weighted by molar-refractivity contribution is -0.384. The van der Waals surface area contributed by atoms with Crippen LogP contribution in [0.3, 0.4) is 0 Å². The van der Waals surface area contributed by atoms with E-state index in [1.807, 2.05) is 0 Å². The van der Waals surface area contributed by atoms with Crippen LogP contribution in [0, 0.1) is 10.1 Å². The average Bonchev–Trinajstić information content (AvgIpc) is 2.77. The van der Waals surface area contributed by atoms with Crippen molar-refractivity contribution in [3.05, 3.63) is 34.4 Å². The molecule has 0 unspecified atom stereocenters. The largest absolute Gasteiger partial charge is 0.516 e. The van der Waals surface area contributed by atoms with Gasteiger partial charge in [-0.25, -0.2) is 4.79 Å². The summed E-state index contributed by atoms with van der Waals surface area (Å²) in [6.45, 7) is 1.72. The predicted octanol–water partition coefficient (Wildman–Crippen LogP) is 7.09. The van der Waals surface area contributed by atoms with Crippen LogP contribution in [0.1, 0.15) is 96.8 Å². The molecule has 0 saturated heterocycles. The van der Waals surface area contributed by atoms with Crippen LogP contribution in [0.25, 0.3) is 0 Å². The first kappa shape index (κ1) is 27.4. The molecule has 0 spiro atoms. The van der Waals surface area contributed by atoms with Crippen LogP contribution in [0.2, 0.25) is 0 Å². The highest BCUT2D eigenvalue weighted by molar-refractivity contribution is 5.69. The van der Waals surface area contributed by atoms with Gasteiger partial charge in [-0.2, -0.15) is 0 Å². The number of nitrogens with zero attached hydrogens (tertiary/aromatic N) is 1. The Morgan fingerprint density at radius 3 is 1.78 bits per heavy atom. The van der Waals surface area contributed by atoms with E-state index in [-0.39, 0.29) is 11.4 Å². The number of unbranched alkanes of at least 4 members (excludes halogenated alkanes) is 12. The summed E-state index contributed by atoms with van der Waals surface area (Å²) >= 11 is 0. The molecule has 1 aromatic carbocycles. The zero-order valence-electron chi connectivity index (χ0n) is 19.2. The third-order valence-electron chi connectivity index (χ3n) is 5.13. The minimum absolute atomic E-state index is 0.0962. The number of rotatable bonds is 18. The van der Waals surface area contributed by atoms with Gasteiger partial charge in [-0.15, -0.1) is 0 Å². The molecular weight excluding hydrogens is 414 g/mol. The zero-order chi connectivity index (χ0) is 23.4. The third-order valence-corrected chi connectivity index (χ3v) is 5.13. The summed E-state index contributed by atoms with van der Waals surface area (Å²) < 4.78 is 14.4. The van der Waals surface area contributed by atoms with Crippen LogP contribution >= 0.6 is 0 Å². The van der Waals surface area contributed by atoms with Crippen molar-refractivity contribution in [2.75, 3.05) is 6.79 Å². The molecule has 180 valence electrons. The SMILES string of the molecule is CCCCCCCCCCCCCCCC(=O)OCOC(=O)Oc1ccc([N+](=O)[O-])cc1. The Kier molecular flexibility index (Phi) is 15.4. The summed E-state index contributed by atoms with van der Waals surface area (Å²) in [4.78, 5) is 33.2. The maximum absolute atomic E-state index is 11.7. The molecule has 0 aliphatic carbocycles. The summed E-state index contributed by atoms with van der Waals surface area (Å²) in [7, 11) is 0. The molecule has 0 bridgehead atoms. The number of non-ortho nitro benzene ring substituents is 1. The second kappa shape index (κ2) is 18.0. The molecule has 8 nitrogen and oxygen atoms in total. The monoisotopic (exact) mass is 451 g/mol. The fourth-order valence-corrected chi connectivity index (χ4v) is 3.26. The number of ether oxygens (including phenoxy) is 3. The number of nitro groups is 1. The Hall–Kier alpha value is -2.64. The van der Waals surface area contributed by atoms with Gasteiger partial charge in [-0.3, -0.25) is 14.9 Å². The molecule has 0 radical (unpaired) electrons. The van der Waals surface area contributed by atoms with Crippen LogP contribution in [0.5, 0.6) is 5.75 Å². The standard InChI is InChI=1S/C24H37NO7/c1-2-3-4-5-6-7-8-9-10-11-12-13-14-15-23(26)30-20-31-24(27)32-22-18-16-21(17-19-22)25(28)29/h16-19H,2-15,20H2,1H3. The lowest BCUT2D eigenvalue weighted by Gasteiger charge is -2.07. The lowest BCUT2D eigenvalue weighted by atomic mass is 10.0. The van der Waals surface area contributed by atoms with Gasteiger partial charge in [0.25, 0.3) is 5.69 Å². The summed E-state index contributed by atoms with van der Waals surface area (Å²) in [5.74, 6) is -0.324. The number of benzene rings is 1. The topological polar surface area (TPSA) is 105 Å². The van der Waals surface area contributed by atoms with Crippen molar-refractivity contribution in [3.63, 3.8) is 0 Å². The quantitative estimate of drug-likeness (QED) is 0.0585. The lowest BCUT2D eigenvalue weighted by Crippen LogP contribution is -2.15. The van der Waals surface area contributed by atoms with Crippen LogP contribution in [-0.2, 0) is 14.3 Å². The van der Waals surface area contributed by atoms with Crippen LogP contribution in [0.4, 0.5) is 10.5 Å². The molecule has 32 heavy (non-hydrogen) atoms. The Morgan fingerprint density at radius 1 is 0.781 bits per heavy atom. The highest BCUT2D eigenvalue weighted by atomic mass is 16.8. The Labute approximate surface area is 190 Å². The van der Waals surface area contributed by atoms with Crippen molar-refractivity contribution in [1.29, 1.82) is 0 Å². The second-order valence-electron chi connectivity index (χ2n) is 7.87. The van der Waals surface area contributed by atoms with Crippen molar-refractivity contribution in [2.24, 2.45) is 0 Å². The number of hydrogen-bond acceptors (Lipinski definition) is 7. The van der Waals surface area contributed by atoms with E-state index < -0.39 is 23.8 Å². The molecular formula is C24H37NO7. The molecule has 0 aliphatic heterocycles. The van der Waals surface area contributed by atoms with E-state index in [0.29, 0.717) is 6.42 Å². The first-order valence-electron chi connectivity index (χ1n) is 11.8. The number of carbonyl (C=O) groups is 2. The highest BCUT2D eigenvalue weighted by Gasteiger charge is 2.10. The van der Waals surface area contributed by atoms with Gasteiger partial charge in [-0.1, -0.05) is 84.0 Å². The predicted molar refractivity (Wildman–Crippen MR) is 121 cm³/mol. The second-order valence-corrected chi connectivity index (χ2v) is 7.87. The summed E-state index contributed by atoms with van der Waals surface area (Å²) in [6.07, 6.45) is 15.3. The third kappa shape index (κ3) is 14.4. The Bertz CT molecular complexity index is 661. The van der Waals surface area contributed by atoms with E-state index >= 15 is 0 Å². The van der Waals surface area contributed by atoms with Crippen LogP contribution < -0.4 is 4.74 Å². The van der Waals surface area contributed by atoms with E-state index in [9.17, 15) is 19.7 Å². The van der Waals surface area contributed by atoms with Crippen molar-refractivity contribution in [3.8, 4) is 5.75 Å². The molecule has 0 heterocycles. The molecule has 8 heteroatoms. The molecule has 0 N–H and O–H groups in total. The smallest absolute Gasteiger partial charge is 0.428 e. The number of nitro benzene ring substituents is 1. The molecule has 0 saturated carbocycles. The minimum Gasteiger partial charge on any atom is -0.428 e. The van der Waals surface area contributed by atoms with Crippen LogP contribution in [0.15, 0.2) is 24.3 Å². The van der Waals surface area contributed by atoms with Gasteiger partial charge in [0.1, 0.15) is 5.75 Å². The highest BCUT2D eigenvalue weighted by Crippen LogP contribution is 2.18. The minimum atomic E-state index is -1.05. The van der Waals surface area contributed by atoms with Crippen molar-refractivity contribution in [1.82, 2.24) is 0 Å². The van der Waals surface area contributed by atoms with Gasteiger partial charge in [0.05, 0.1) is 4.92 Å². The molecule has 0 fully saturated rings. The first-order chi connectivity index (χ1) is 15.5. The van der Waals surface area contributed by atoms with Gasteiger partial charge in [0.2, 0.25) is 6.79 Å². The summed E-state index contributed by atoms with van der Waals surface area (Å²) in [5.41, 5.74) is -0.118. The molecule has 1 aromatic rings. The number of esters is 1. The van der Waals surface area contributed by atoms with E-state index in [0.717, 1.165) is 19.3 Å². The van der Waals surface area contributed by atoms with Crippen molar-refractivity contribution in [2.45, 2.75) is 96.8 Å². The number of carbonyl (C=O) groups excluding carboxylic acids is 2. The van der Waals surface area contributed by atoms with Gasteiger partial charge in [0, 0.05) is 18.6 Å². The Balaban J connectivity index is 1.93. The van der Waals surface area contributed by atoms with Gasteiger partial charge >= 0.3 is 12.1 Å². The average molecular weight is 452 g/mol. The first-order valence-corrected chi connectivity index (χ1v) is 11.8. The van der Waals surface area contributed by atoms with Gasteiger partial charge < -0.3 is 14.2 Å². The molecule has 0 aliphatic rings. The number of hydrogen-bond donors (Lipinski definition) is 0.